The molecule has 1 atom stereocenters. The molecule has 2 aromatic carbocycles. The Bertz CT molecular complexity index is 745. The van der Waals surface area contributed by atoms with Gasteiger partial charge in [-0.05, 0) is 24.6 Å². The van der Waals surface area contributed by atoms with Crippen LogP contribution >= 0.6 is 15.9 Å². The number of hydrogen-bond acceptors (Lipinski definition) is 2. The molecule has 0 spiro atoms. The molecule has 0 N–H and O–H groups in total. The third kappa shape index (κ3) is 3.49. The molecule has 0 fully saturated rings. The highest BCUT2D eigenvalue weighted by Crippen LogP contribution is 2.28. The van der Waals surface area contributed by atoms with Gasteiger partial charge >= 0.3 is 0 Å². The van der Waals surface area contributed by atoms with Gasteiger partial charge in [-0.3, -0.25) is 4.79 Å². The minimum atomic E-state index is -0.497. The molecule has 0 saturated heterocycles. The van der Waals surface area contributed by atoms with Gasteiger partial charge in [-0.15, -0.1) is 0 Å². The Morgan fingerprint density at radius 1 is 1.27 bits per heavy atom. The van der Waals surface area contributed by atoms with Gasteiger partial charge in [-0.2, -0.15) is 0 Å². The molecule has 0 saturated carbocycles. The Morgan fingerprint density at radius 2 is 1.95 bits per heavy atom. The summed E-state index contributed by atoms with van der Waals surface area (Å²) in [7, 11) is 0. The van der Waals surface area contributed by atoms with Crippen molar-refractivity contribution in [2.24, 2.45) is 0 Å². The van der Waals surface area contributed by atoms with Gasteiger partial charge in [0.05, 0.1) is 12.5 Å². The summed E-state index contributed by atoms with van der Waals surface area (Å²) >= 11 is 3.36. The number of hydrogen-bond donors (Lipinski definition) is 0. The highest BCUT2D eigenvalue weighted by atomic mass is 79.9. The molecule has 0 radical (unpaired) electrons. The monoisotopic (exact) mass is 355 g/mol. The molecule has 0 bridgehead atoms. The lowest BCUT2D eigenvalue weighted by molar-refractivity contribution is -0.108. The van der Waals surface area contributed by atoms with E-state index < -0.39 is 5.92 Å². The fraction of sp³-hybridized carbons (Fsp3) is 0.167. The van der Waals surface area contributed by atoms with Gasteiger partial charge in [0, 0.05) is 16.5 Å². The molecule has 4 heteroatoms. The maximum Gasteiger partial charge on any atom is 0.187 e. The number of benzene rings is 2. The lowest BCUT2D eigenvalue weighted by atomic mass is 9.87. The smallest absolute Gasteiger partial charge is 0.187 e. The summed E-state index contributed by atoms with van der Waals surface area (Å²) in [5.41, 5.74) is 2.63. The summed E-state index contributed by atoms with van der Waals surface area (Å²) in [5.74, 6) is -0.591. The lowest BCUT2D eigenvalue weighted by Gasteiger charge is -2.15. The number of nitrogens with zero attached hydrogens (tertiary/aromatic N) is 1. The van der Waals surface area contributed by atoms with E-state index >= 15 is 0 Å². The van der Waals surface area contributed by atoms with Crippen molar-refractivity contribution in [3.8, 4) is 0 Å². The molecule has 0 amide bonds. The van der Waals surface area contributed by atoms with Crippen LogP contribution in [0.4, 0.5) is 5.69 Å². The topological polar surface area (TPSA) is 38.5 Å². The molecule has 110 valence electrons. The van der Waals surface area contributed by atoms with E-state index in [4.69, 9.17) is 6.57 Å². The molecule has 22 heavy (non-hydrogen) atoms. The van der Waals surface area contributed by atoms with Crippen LogP contribution in [0.1, 0.15) is 33.8 Å². The van der Waals surface area contributed by atoms with Gasteiger partial charge < -0.3 is 4.79 Å². The summed E-state index contributed by atoms with van der Waals surface area (Å²) < 4.78 is 0.922. The van der Waals surface area contributed by atoms with E-state index in [1.807, 2.05) is 31.2 Å². The first-order chi connectivity index (χ1) is 10.6. The Kier molecular flexibility index (Phi) is 5.24. The van der Waals surface area contributed by atoms with E-state index in [1.165, 1.54) is 0 Å². The van der Waals surface area contributed by atoms with Crippen molar-refractivity contribution in [3.63, 3.8) is 0 Å². The van der Waals surface area contributed by atoms with Crippen LogP contribution < -0.4 is 0 Å². The van der Waals surface area contributed by atoms with Crippen molar-refractivity contribution in [2.45, 2.75) is 19.3 Å². The summed E-state index contributed by atoms with van der Waals surface area (Å²) in [6.07, 6.45) is 0.915. The molecule has 0 aliphatic heterocycles. The Hall–Kier alpha value is -2.25. The molecular formula is C18H14BrNO2. The number of carbonyl (C=O) groups is 2. The van der Waals surface area contributed by atoms with Crippen LogP contribution in [-0.2, 0) is 4.79 Å². The Labute approximate surface area is 137 Å². The summed E-state index contributed by atoms with van der Waals surface area (Å²) in [6, 6.07) is 12.4. The maximum atomic E-state index is 12.8. The zero-order valence-corrected chi connectivity index (χ0v) is 13.6. The van der Waals surface area contributed by atoms with Crippen LogP contribution in [-0.4, -0.2) is 12.1 Å². The van der Waals surface area contributed by atoms with E-state index in [9.17, 15) is 9.59 Å². The standard InChI is InChI=1S/C18H14BrNO2/c1-12-11-15(20-2)7-8-16(12)18(22)17(9-10-21)13-3-5-14(19)6-4-13/h3-8,10-11,17H,9H2,1H3. The van der Waals surface area contributed by atoms with Crippen molar-refractivity contribution in [1.82, 2.24) is 0 Å². The molecule has 0 heterocycles. The first-order valence-corrected chi connectivity index (χ1v) is 7.57. The molecule has 1 unspecified atom stereocenters. The predicted molar refractivity (Wildman–Crippen MR) is 89.3 cm³/mol. The number of aldehydes is 1. The van der Waals surface area contributed by atoms with Gasteiger partial charge in [0.2, 0.25) is 0 Å². The second-order valence-corrected chi connectivity index (χ2v) is 5.90. The zero-order chi connectivity index (χ0) is 16.1. The lowest BCUT2D eigenvalue weighted by Crippen LogP contribution is -2.14. The fourth-order valence-electron chi connectivity index (χ4n) is 2.37. The average molecular weight is 356 g/mol. The maximum absolute atomic E-state index is 12.8. The largest absolute Gasteiger partial charge is 0.303 e. The summed E-state index contributed by atoms with van der Waals surface area (Å²) in [5, 5.41) is 0. The van der Waals surface area contributed by atoms with Gasteiger partial charge in [-0.25, -0.2) is 4.85 Å². The Balaban J connectivity index is 2.40. The van der Waals surface area contributed by atoms with Crippen molar-refractivity contribution in [1.29, 1.82) is 0 Å². The van der Waals surface area contributed by atoms with Gasteiger partial charge in [0.1, 0.15) is 6.29 Å². The van der Waals surface area contributed by atoms with Crippen LogP contribution in [0.25, 0.3) is 4.85 Å². The van der Waals surface area contributed by atoms with Crippen molar-refractivity contribution in [3.05, 3.63) is 75.0 Å². The number of ketones is 1. The van der Waals surface area contributed by atoms with Crippen LogP contribution in [0.15, 0.2) is 46.9 Å². The molecular weight excluding hydrogens is 342 g/mol. The van der Waals surface area contributed by atoms with Crippen molar-refractivity contribution < 1.29 is 9.59 Å². The average Bonchev–Trinajstić information content (AvgIpc) is 2.53. The minimum absolute atomic E-state index is 0.0940. The van der Waals surface area contributed by atoms with Crippen molar-refractivity contribution in [2.75, 3.05) is 0 Å². The third-order valence-electron chi connectivity index (χ3n) is 3.53. The Morgan fingerprint density at radius 3 is 2.50 bits per heavy atom. The number of Topliss-reactive ketones (excluding diaryl/α,β-unsaturated/α-hetero) is 1. The highest BCUT2D eigenvalue weighted by molar-refractivity contribution is 9.10. The second-order valence-electron chi connectivity index (χ2n) is 4.98. The summed E-state index contributed by atoms with van der Waals surface area (Å²) in [6.45, 7) is 8.82. The van der Waals surface area contributed by atoms with E-state index in [1.54, 1.807) is 18.2 Å². The van der Waals surface area contributed by atoms with Gasteiger partial charge in [0.25, 0.3) is 0 Å². The first-order valence-electron chi connectivity index (χ1n) is 6.78. The number of rotatable bonds is 5. The van der Waals surface area contributed by atoms with Crippen LogP contribution in [0.3, 0.4) is 0 Å². The fourth-order valence-corrected chi connectivity index (χ4v) is 2.63. The van der Waals surface area contributed by atoms with Gasteiger partial charge in [0.15, 0.2) is 11.5 Å². The SMILES string of the molecule is [C-]#[N+]c1ccc(C(=O)C(CC=O)c2ccc(Br)cc2)c(C)c1. The normalized spacial score (nSPS) is 11.5. The third-order valence-corrected chi connectivity index (χ3v) is 4.05. The quantitative estimate of drug-likeness (QED) is 0.436. The molecule has 0 aliphatic rings. The minimum Gasteiger partial charge on any atom is -0.303 e. The van der Waals surface area contributed by atoms with E-state index in [0.29, 0.717) is 11.3 Å². The van der Waals surface area contributed by atoms with E-state index in [0.717, 1.165) is 21.9 Å². The van der Waals surface area contributed by atoms with Gasteiger partial charge in [-0.1, -0.05) is 51.8 Å². The van der Waals surface area contributed by atoms with Crippen LogP contribution in [0.2, 0.25) is 0 Å². The number of halogens is 1. The van der Waals surface area contributed by atoms with Crippen LogP contribution in [0.5, 0.6) is 0 Å². The van der Waals surface area contributed by atoms with E-state index in [2.05, 4.69) is 20.8 Å². The molecule has 2 rings (SSSR count). The summed E-state index contributed by atoms with van der Waals surface area (Å²) in [4.78, 5) is 27.1. The molecule has 2 aromatic rings. The highest BCUT2D eigenvalue weighted by Gasteiger charge is 2.23. The molecule has 0 aromatic heterocycles. The zero-order valence-electron chi connectivity index (χ0n) is 12.0. The van der Waals surface area contributed by atoms with E-state index in [-0.39, 0.29) is 12.2 Å². The first kappa shape index (κ1) is 16.1. The predicted octanol–water partition coefficient (Wildman–Crippen LogP) is 4.86. The second kappa shape index (κ2) is 7.15. The van der Waals surface area contributed by atoms with Crippen molar-refractivity contribution >= 4 is 33.7 Å². The molecule has 3 nitrogen and oxygen atoms in total. The van der Waals surface area contributed by atoms with Crippen LogP contribution in [0, 0.1) is 13.5 Å². The number of carbonyl (C=O) groups excluding carboxylic acids is 2. The number of aryl methyl sites for hydroxylation is 1. The molecule has 0 aliphatic carbocycles.